The second-order valence-corrected chi connectivity index (χ2v) is 10.4. The molecule has 4 aromatic rings. The molecule has 0 aromatic heterocycles. The average Bonchev–Trinajstić information content (AvgIpc) is 3.37. The minimum absolute atomic E-state index is 0.0901. The van der Waals surface area contributed by atoms with Gasteiger partial charge < -0.3 is 19.5 Å². The SMILES string of the molecule is COc1ccc(F)c(-c2ccc(Cc3ccc(N4CC(c5ccccc5OC)CC4CC(=O)O)cc3)c(C)c2)c1. The molecule has 1 aliphatic rings. The number of halogens is 1. The number of para-hydroxylation sites is 1. The fourth-order valence-electron chi connectivity index (χ4n) is 5.80. The first-order valence-electron chi connectivity index (χ1n) is 13.5. The fraction of sp³-hybridized carbons (Fsp3) is 0.265. The van der Waals surface area contributed by atoms with Gasteiger partial charge in [-0.25, -0.2) is 4.39 Å². The van der Waals surface area contributed by atoms with Gasteiger partial charge in [-0.05, 0) is 84.0 Å². The molecule has 1 N–H and O–H groups in total. The highest BCUT2D eigenvalue weighted by Crippen LogP contribution is 2.40. The average molecular weight is 540 g/mol. The number of nitrogens with zero attached hydrogens (tertiary/aromatic N) is 1. The van der Waals surface area contributed by atoms with E-state index < -0.39 is 5.97 Å². The molecule has 1 saturated heterocycles. The number of methoxy groups -OCH3 is 2. The van der Waals surface area contributed by atoms with Crippen molar-refractivity contribution in [3.05, 3.63) is 113 Å². The van der Waals surface area contributed by atoms with Crippen LogP contribution < -0.4 is 14.4 Å². The number of rotatable bonds is 9. The molecule has 2 atom stereocenters. The van der Waals surface area contributed by atoms with Crippen LogP contribution in [-0.4, -0.2) is 37.9 Å². The summed E-state index contributed by atoms with van der Waals surface area (Å²) in [5.41, 5.74) is 6.88. The summed E-state index contributed by atoms with van der Waals surface area (Å²) in [6.07, 6.45) is 1.59. The highest BCUT2D eigenvalue weighted by molar-refractivity contribution is 5.69. The topological polar surface area (TPSA) is 59.0 Å². The van der Waals surface area contributed by atoms with E-state index in [0.29, 0.717) is 11.3 Å². The maximum absolute atomic E-state index is 14.5. The molecule has 0 radical (unpaired) electrons. The van der Waals surface area contributed by atoms with Crippen LogP contribution in [0.3, 0.4) is 0 Å². The van der Waals surface area contributed by atoms with Crippen LogP contribution in [-0.2, 0) is 11.2 Å². The van der Waals surface area contributed by atoms with Gasteiger partial charge in [0.2, 0.25) is 0 Å². The molecule has 206 valence electrons. The zero-order valence-electron chi connectivity index (χ0n) is 23.1. The molecule has 0 aliphatic carbocycles. The maximum Gasteiger partial charge on any atom is 0.305 e. The monoisotopic (exact) mass is 539 g/mol. The zero-order valence-corrected chi connectivity index (χ0v) is 23.1. The molecule has 1 heterocycles. The van der Waals surface area contributed by atoms with Crippen molar-refractivity contribution in [1.29, 1.82) is 0 Å². The largest absolute Gasteiger partial charge is 0.497 e. The number of hydrogen-bond acceptors (Lipinski definition) is 4. The second-order valence-electron chi connectivity index (χ2n) is 10.4. The van der Waals surface area contributed by atoms with E-state index in [-0.39, 0.29) is 24.2 Å². The van der Waals surface area contributed by atoms with Crippen LogP contribution in [0.4, 0.5) is 10.1 Å². The number of benzene rings is 4. The number of aryl methyl sites for hydroxylation is 1. The normalized spacial score (nSPS) is 16.6. The number of aliphatic carboxylic acids is 1. The van der Waals surface area contributed by atoms with E-state index in [1.54, 1.807) is 26.4 Å². The summed E-state index contributed by atoms with van der Waals surface area (Å²) in [5.74, 6) is 0.584. The Hall–Kier alpha value is -4.32. The van der Waals surface area contributed by atoms with Gasteiger partial charge in [0.05, 0.1) is 20.6 Å². The van der Waals surface area contributed by atoms with Crippen molar-refractivity contribution in [2.75, 3.05) is 25.7 Å². The molecule has 6 heteroatoms. The minimum Gasteiger partial charge on any atom is -0.497 e. The van der Waals surface area contributed by atoms with E-state index in [0.717, 1.165) is 53.1 Å². The van der Waals surface area contributed by atoms with Crippen molar-refractivity contribution in [2.24, 2.45) is 0 Å². The molecule has 2 unspecified atom stereocenters. The Morgan fingerprint density at radius 2 is 1.75 bits per heavy atom. The Bertz CT molecular complexity index is 1500. The van der Waals surface area contributed by atoms with Crippen LogP contribution in [0, 0.1) is 12.7 Å². The Labute approximate surface area is 234 Å². The lowest BCUT2D eigenvalue weighted by molar-refractivity contribution is -0.137. The van der Waals surface area contributed by atoms with Crippen LogP contribution in [0.5, 0.6) is 11.5 Å². The summed E-state index contributed by atoms with van der Waals surface area (Å²) in [5, 5.41) is 9.59. The molecule has 4 aromatic carbocycles. The number of ether oxygens (including phenoxy) is 2. The van der Waals surface area contributed by atoms with Crippen LogP contribution in [0.1, 0.15) is 41.0 Å². The zero-order chi connectivity index (χ0) is 28.2. The maximum atomic E-state index is 14.5. The number of carboxylic acids is 1. The fourth-order valence-corrected chi connectivity index (χ4v) is 5.80. The smallest absolute Gasteiger partial charge is 0.305 e. The first-order chi connectivity index (χ1) is 19.4. The third kappa shape index (κ3) is 5.81. The molecule has 40 heavy (non-hydrogen) atoms. The molecule has 5 nitrogen and oxygen atoms in total. The number of carbonyl (C=O) groups is 1. The molecule has 0 saturated carbocycles. The quantitative estimate of drug-likeness (QED) is 0.243. The third-order valence-corrected chi connectivity index (χ3v) is 7.89. The minimum atomic E-state index is -0.792. The van der Waals surface area contributed by atoms with Crippen LogP contribution in [0.2, 0.25) is 0 Å². The summed E-state index contributed by atoms with van der Waals surface area (Å²) in [6.45, 7) is 2.78. The highest BCUT2D eigenvalue weighted by Gasteiger charge is 2.35. The molecule has 5 rings (SSSR count). The van der Waals surface area contributed by atoms with Gasteiger partial charge in [0.25, 0.3) is 0 Å². The highest BCUT2D eigenvalue weighted by atomic mass is 19.1. The summed E-state index contributed by atoms with van der Waals surface area (Å²) < 4.78 is 25.4. The van der Waals surface area contributed by atoms with Gasteiger partial charge in [-0.2, -0.15) is 0 Å². The van der Waals surface area contributed by atoms with Crippen LogP contribution >= 0.6 is 0 Å². The van der Waals surface area contributed by atoms with Crippen molar-refractivity contribution < 1.29 is 23.8 Å². The summed E-state index contributed by atoms with van der Waals surface area (Å²) in [4.78, 5) is 13.9. The van der Waals surface area contributed by atoms with Gasteiger partial charge in [0.1, 0.15) is 17.3 Å². The van der Waals surface area contributed by atoms with Crippen molar-refractivity contribution in [3.63, 3.8) is 0 Å². The first kappa shape index (κ1) is 27.3. The van der Waals surface area contributed by atoms with Gasteiger partial charge in [-0.15, -0.1) is 0 Å². The van der Waals surface area contributed by atoms with Gasteiger partial charge in [0.15, 0.2) is 0 Å². The molecule has 0 bridgehead atoms. The van der Waals surface area contributed by atoms with E-state index in [9.17, 15) is 14.3 Å². The van der Waals surface area contributed by atoms with Gasteiger partial charge in [0, 0.05) is 29.8 Å². The lowest BCUT2D eigenvalue weighted by atomic mass is 9.94. The third-order valence-electron chi connectivity index (χ3n) is 7.89. The first-order valence-corrected chi connectivity index (χ1v) is 13.5. The van der Waals surface area contributed by atoms with E-state index in [2.05, 4.69) is 41.3 Å². The number of hydrogen-bond donors (Lipinski definition) is 1. The van der Waals surface area contributed by atoms with Crippen molar-refractivity contribution in [3.8, 4) is 22.6 Å². The predicted octanol–water partition coefficient (Wildman–Crippen LogP) is 7.25. The van der Waals surface area contributed by atoms with E-state index >= 15 is 0 Å². The Morgan fingerprint density at radius 3 is 2.45 bits per heavy atom. The Kier molecular flexibility index (Phi) is 8.06. The number of anilines is 1. The predicted molar refractivity (Wildman–Crippen MR) is 156 cm³/mol. The van der Waals surface area contributed by atoms with Gasteiger partial charge in [-0.1, -0.05) is 48.5 Å². The molecular formula is C34H34FNO4. The Morgan fingerprint density at radius 1 is 0.975 bits per heavy atom. The number of carboxylic acid groups (broad SMARTS) is 1. The molecule has 1 fully saturated rings. The molecule has 0 amide bonds. The van der Waals surface area contributed by atoms with E-state index in [1.807, 2.05) is 37.3 Å². The summed E-state index contributed by atoms with van der Waals surface area (Å²) in [6, 6.07) is 27.1. The second kappa shape index (κ2) is 11.8. The van der Waals surface area contributed by atoms with Crippen molar-refractivity contribution in [2.45, 2.75) is 38.1 Å². The molecule has 0 spiro atoms. The molecule has 1 aliphatic heterocycles. The lowest BCUT2D eigenvalue weighted by Gasteiger charge is -2.26. The van der Waals surface area contributed by atoms with Gasteiger partial charge >= 0.3 is 5.97 Å². The van der Waals surface area contributed by atoms with E-state index in [4.69, 9.17) is 9.47 Å². The summed E-state index contributed by atoms with van der Waals surface area (Å²) in [7, 11) is 3.25. The van der Waals surface area contributed by atoms with E-state index in [1.165, 1.54) is 11.6 Å². The van der Waals surface area contributed by atoms with Gasteiger partial charge in [-0.3, -0.25) is 4.79 Å². The van der Waals surface area contributed by atoms with Crippen molar-refractivity contribution in [1.82, 2.24) is 0 Å². The summed E-state index contributed by atoms with van der Waals surface area (Å²) >= 11 is 0. The molecular weight excluding hydrogens is 505 g/mol. The Balaban J connectivity index is 1.33. The van der Waals surface area contributed by atoms with Crippen molar-refractivity contribution >= 4 is 11.7 Å². The van der Waals surface area contributed by atoms with Crippen LogP contribution in [0.15, 0.2) is 84.9 Å². The lowest BCUT2D eigenvalue weighted by Crippen LogP contribution is -2.31. The standard InChI is InChI=1S/C34H34FNO4/c1-22-16-25(31-20-29(39-2)14-15-32(31)35)11-10-24(22)17-23-8-12-27(13-9-23)36-21-26(18-28(36)19-34(37)38)30-6-4-5-7-33(30)40-3/h4-16,20,26,28H,17-19,21H2,1-3H3,(H,37,38). The van der Waals surface area contributed by atoms with Crippen LogP contribution in [0.25, 0.3) is 11.1 Å².